The molecule has 0 aromatic carbocycles. The van der Waals surface area contributed by atoms with E-state index in [9.17, 15) is 4.39 Å². The van der Waals surface area contributed by atoms with Crippen molar-refractivity contribution in [1.82, 2.24) is 4.98 Å². The number of aromatic nitrogens is 1. The Labute approximate surface area is 102 Å². The van der Waals surface area contributed by atoms with Gasteiger partial charge in [0.25, 0.3) is 0 Å². The van der Waals surface area contributed by atoms with Gasteiger partial charge in [0.15, 0.2) is 0 Å². The zero-order chi connectivity index (χ0) is 11.8. The van der Waals surface area contributed by atoms with E-state index in [1.165, 1.54) is 37.9 Å². The molecule has 0 radical (unpaired) electrons. The molecular formula is C14H19FN2. The highest BCUT2D eigenvalue weighted by atomic mass is 19.1. The molecule has 0 spiro atoms. The minimum Gasteiger partial charge on any atom is -0.382 e. The van der Waals surface area contributed by atoms with Crippen LogP contribution in [0.2, 0.25) is 0 Å². The molecule has 0 saturated heterocycles. The molecule has 0 amide bonds. The van der Waals surface area contributed by atoms with Gasteiger partial charge in [0.2, 0.25) is 5.95 Å². The molecule has 2 fully saturated rings. The number of fused-ring (bicyclic) bond motifs is 2. The van der Waals surface area contributed by atoms with Crippen molar-refractivity contribution in [3.05, 3.63) is 24.3 Å². The van der Waals surface area contributed by atoms with Crippen molar-refractivity contribution in [3.63, 3.8) is 0 Å². The number of rotatable bonds is 3. The van der Waals surface area contributed by atoms with Gasteiger partial charge >= 0.3 is 0 Å². The highest BCUT2D eigenvalue weighted by molar-refractivity contribution is 5.42. The van der Waals surface area contributed by atoms with Crippen LogP contribution in [-0.4, -0.2) is 11.0 Å². The van der Waals surface area contributed by atoms with Gasteiger partial charge < -0.3 is 5.32 Å². The molecule has 3 rings (SSSR count). The molecule has 4 unspecified atom stereocenters. The summed E-state index contributed by atoms with van der Waals surface area (Å²) in [4.78, 5) is 3.58. The van der Waals surface area contributed by atoms with Crippen molar-refractivity contribution in [2.45, 2.75) is 38.6 Å². The fourth-order valence-electron chi connectivity index (χ4n) is 3.77. The van der Waals surface area contributed by atoms with Gasteiger partial charge in [0.1, 0.15) is 0 Å². The lowest BCUT2D eigenvalue weighted by atomic mass is 9.84. The van der Waals surface area contributed by atoms with E-state index >= 15 is 0 Å². The monoisotopic (exact) mass is 234 g/mol. The molecule has 17 heavy (non-hydrogen) atoms. The number of pyridine rings is 1. The minimum atomic E-state index is -0.407. The fourth-order valence-corrected chi connectivity index (χ4v) is 3.77. The molecule has 0 aliphatic heterocycles. The van der Waals surface area contributed by atoms with E-state index in [0.717, 1.165) is 23.4 Å². The van der Waals surface area contributed by atoms with E-state index in [4.69, 9.17) is 0 Å². The van der Waals surface area contributed by atoms with Crippen LogP contribution >= 0.6 is 0 Å². The van der Waals surface area contributed by atoms with Crippen molar-refractivity contribution in [2.75, 3.05) is 5.32 Å². The van der Waals surface area contributed by atoms with E-state index in [1.807, 2.05) is 6.07 Å². The van der Waals surface area contributed by atoms with Gasteiger partial charge in [-0.25, -0.2) is 4.98 Å². The van der Waals surface area contributed by atoms with E-state index in [1.54, 1.807) is 0 Å². The van der Waals surface area contributed by atoms with Crippen molar-refractivity contribution in [1.29, 1.82) is 0 Å². The maximum absolute atomic E-state index is 13.0. The summed E-state index contributed by atoms with van der Waals surface area (Å²) in [6.07, 6.45) is 7.11. The lowest BCUT2D eigenvalue weighted by Gasteiger charge is -2.29. The summed E-state index contributed by atoms with van der Waals surface area (Å²) in [5.74, 6) is 2.22. The Morgan fingerprint density at radius 3 is 2.94 bits per heavy atom. The van der Waals surface area contributed by atoms with Gasteiger partial charge in [0.05, 0.1) is 0 Å². The van der Waals surface area contributed by atoms with Crippen LogP contribution < -0.4 is 5.32 Å². The predicted octanol–water partition coefficient (Wildman–Crippen LogP) is 3.46. The second-order valence-electron chi connectivity index (χ2n) is 5.64. The first-order valence-electron chi connectivity index (χ1n) is 6.60. The standard InChI is InChI=1S/C14H19FN2/c1-9(13-7-10-2-3-11(13)6-10)17-12-4-5-16-14(15)8-12/h4-5,8-11,13H,2-3,6-7H2,1H3,(H,16,17). The third-order valence-corrected chi connectivity index (χ3v) is 4.56. The van der Waals surface area contributed by atoms with Crippen LogP contribution in [0.25, 0.3) is 0 Å². The van der Waals surface area contributed by atoms with Gasteiger partial charge in [-0.3, -0.25) is 0 Å². The number of nitrogens with zero attached hydrogens (tertiary/aromatic N) is 1. The molecule has 4 atom stereocenters. The normalized spacial score (nSPS) is 32.7. The van der Waals surface area contributed by atoms with Crippen molar-refractivity contribution in [3.8, 4) is 0 Å². The molecule has 1 N–H and O–H groups in total. The summed E-state index contributed by atoms with van der Waals surface area (Å²) in [7, 11) is 0. The average Bonchev–Trinajstić information content (AvgIpc) is 2.90. The smallest absolute Gasteiger partial charge is 0.214 e. The van der Waals surface area contributed by atoms with Gasteiger partial charge in [-0.05, 0) is 50.0 Å². The molecule has 3 heteroatoms. The maximum atomic E-state index is 13.0. The Bertz CT molecular complexity index is 407. The second-order valence-corrected chi connectivity index (χ2v) is 5.64. The van der Waals surface area contributed by atoms with Crippen molar-refractivity contribution >= 4 is 5.69 Å². The number of hydrogen-bond acceptors (Lipinski definition) is 2. The summed E-state index contributed by atoms with van der Waals surface area (Å²) in [5.41, 5.74) is 0.854. The van der Waals surface area contributed by atoms with Crippen LogP contribution in [0.5, 0.6) is 0 Å². The zero-order valence-corrected chi connectivity index (χ0v) is 10.2. The van der Waals surface area contributed by atoms with E-state index in [-0.39, 0.29) is 0 Å². The highest BCUT2D eigenvalue weighted by Crippen LogP contribution is 2.49. The van der Waals surface area contributed by atoms with Gasteiger partial charge in [-0.15, -0.1) is 0 Å². The Hall–Kier alpha value is -1.12. The quantitative estimate of drug-likeness (QED) is 0.810. The lowest BCUT2D eigenvalue weighted by Crippen LogP contribution is -2.29. The van der Waals surface area contributed by atoms with Crippen LogP contribution in [0.3, 0.4) is 0 Å². The molecule has 1 aromatic heterocycles. The van der Waals surface area contributed by atoms with Crippen LogP contribution in [0, 0.1) is 23.7 Å². The molecule has 2 bridgehead atoms. The van der Waals surface area contributed by atoms with Gasteiger partial charge in [-0.2, -0.15) is 4.39 Å². The number of halogens is 1. The summed E-state index contributed by atoms with van der Waals surface area (Å²) in [6, 6.07) is 3.75. The maximum Gasteiger partial charge on any atom is 0.214 e. The lowest BCUT2D eigenvalue weighted by molar-refractivity contribution is 0.304. The first-order chi connectivity index (χ1) is 8.22. The number of anilines is 1. The highest BCUT2D eigenvalue weighted by Gasteiger charge is 2.41. The van der Waals surface area contributed by atoms with E-state index < -0.39 is 5.95 Å². The molecule has 2 nitrogen and oxygen atoms in total. The Morgan fingerprint density at radius 2 is 2.29 bits per heavy atom. The predicted molar refractivity (Wildman–Crippen MR) is 66.2 cm³/mol. The third kappa shape index (κ3) is 2.15. The Morgan fingerprint density at radius 1 is 1.41 bits per heavy atom. The van der Waals surface area contributed by atoms with E-state index in [2.05, 4.69) is 17.2 Å². The van der Waals surface area contributed by atoms with Crippen LogP contribution in [-0.2, 0) is 0 Å². The molecule has 2 saturated carbocycles. The summed E-state index contributed by atoms with van der Waals surface area (Å²) in [6.45, 7) is 2.23. The summed E-state index contributed by atoms with van der Waals surface area (Å²) < 4.78 is 13.0. The molecule has 1 heterocycles. The van der Waals surface area contributed by atoms with Crippen LogP contribution in [0.1, 0.15) is 32.6 Å². The zero-order valence-electron chi connectivity index (χ0n) is 10.2. The Kier molecular flexibility index (Phi) is 2.77. The molecule has 2 aliphatic carbocycles. The number of nitrogens with one attached hydrogen (secondary N) is 1. The molecule has 92 valence electrons. The van der Waals surface area contributed by atoms with Crippen LogP contribution in [0.4, 0.5) is 10.1 Å². The molecular weight excluding hydrogens is 215 g/mol. The second kappa shape index (κ2) is 4.28. The molecule has 2 aliphatic rings. The average molecular weight is 234 g/mol. The minimum absolute atomic E-state index is 0.407. The Balaban J connectivity index is 1.65. The third-order valence-electron chi connectivity index (χ3n) is 4.56. The first-order valence-corrected chi connectivity index (χ1v) is 6.60. The molecule has 1 aromatic rings. The summed E-state index contributed by atoms with van der Waals surface area (Å²) in [5, 5.41) is 3.43. The number of hydrogen-bond donors (Lipinski definition) is 1. The first kappa shape index (κ1) is 11.0. The summed E-state index contributed by atoms with van der Waals surface area (Å²) >= 11 is 0. The van der Waals surface area contributed by atoms with Gasteiger partial charge in [-0.1, -0.05) is 6.42 Å². The fraction of sp³-hybridized carbons (Fsp3) is 0.643. The van der Waals surface area contributed by atoms with Crippen molar-refractivity contribution in [2.24, 2.45) is 17.8 Å². The van der Waals surface area contributed by atoms with Crippen molar-refractivity contribution < 1.29 is 4.39 Å². The van der Waals surface area contributed by atoms with E-state index in [0.29, 0.717) is 6.04 Å². The van der Waals surface area contributed by atoms with Crippen LogP contribution in [0.15, 0.2) is 18.3 Å². The SMILES string of the molecule is CC(Nc1ccnc(F)c1)C1CC2CCC1C2. The largest absolute Gasteiger partial charge is 0.382 e. The van der Waals surface area contributed by atoms with Gasteiger partial charge in [0, 0.05) is 24.0 Å². The topological polar surface area (TPSA) is 24.9 Å².